The van der Waals surface area contributed by atoms with Gasteiger partial charge in [-0.25, -0.2) is 0 Å². The number of ether oxygens (including phenoxy) is 2. The molecule has 7 heteroatoms. The third-order valence-electron chi connectivity index (χ3n) is 2.31. The molecule has 5 atom stereocenters. The van der Waals surface area contributed by atoms with Crippen LogP contribution >= 0.6 is 0 Å². The molecule has 16 heavy (non-hydrogen) atoms. The summed E-state index contributed by atoms with van der Waals surface area (Å²) in [6.07, 6.45) is -9.43. The molecular formula is C9H18O7. The average Bonchev–Trinajstić information content (AvgIpc) is 2.18. The largest absolute Gasteiger partial charge is 0.387 e. The molecule has 1 heterocycles. The summed E-state index contributed by atoms with van der Waals surface area (Å²) in [6, 6.07) is 0. The molecule has 96 valence electrons. The van der Waals surface area contributed by atoms with Gasteiger partial charge in [-0.05, 0) is 13.8 Å². The smallest absolute Gasteiger partial charge is 0.187 e. The van der Waals surface area contributed by atoms with Crippen LogP contribution in [0.3, 0.4) is 0 Å². The van der Waals surface area contributed by atoms with E-state index in [0.29, 0.717) is 0 Å². The van der Waals surface area contributed by atoms with Crippen LogP contribution in [-0.2, 0) is 9.47 Å². The first kappa shape index (κ1) is 13.8. The average molecular weight is 238 g/mol. The summed E-state index contributed by atoms with van der Waals surface area (Å²) in [5.41, 5.74) is 0. The number of hydrogen-bond donors (Lipinski definition) is 5. The molecule has 3 unspecified atom stereocenters. The number of rotatable bonds is 3. The van der Waals surface area contributed by atoms with Gasteiger partial charge in [-0.15, -0.1) is 0 Å². The predicted octanol–water partition coefficient (Wildman–Crippen LogP) is -2.47. The van der Waals surface area contributed by atoms with Crippen molar-refractivity contribution in [3.63, 3.8) is 0 Å². The minimum Gasteiger partial charge on any atom is -0.387 e. The molecule has 0 radical (unpaired) electrons. The standard InChI is InChI=1S/C9H18O7/c1-3(2)15-9-6(12)4(10)5(11)7(16-9)8(13)14/h3-14H,1-2H3/t4?,5-,6?,7?,9+/m0/s1. The lowest BCUT2D eigenvalue weighted by atomic mass is 9.98. The molecule has 5 N–H and O–H groups in total. The zero-order valence-electron chi connectivity index (χ0n) is 9.09. The first-order valence-electron chi connectivity index (χ1n) is 5.06. The van der Waals surface area contributed by atoms with Crippen molar-refractivity contribution in [1.82, 2.24) is 0 Å². The van der Waals surface area contributed by atoms with Gasteiger partial charge in [-0.1, -0.05) is 0 Å². The van der Waals surface area contributed by atoms with Gasteiger partial charge in [-0.2, -0.15) is 0 Å². The Hall–Kier alpha value is -0.280. The third-order valence-corrected chi connectivity index (χ3v) is 2.31. The summed E-state index contributed by atoms with van der Waals surface area (Å²) >= 11 is 0. The fraction of sp³-hybridized carbons (Fsp3) is 1.00. The number of aliphatic hydroxyl groups excluding tert-OH is 4. The van der Waals surface area contributed by atoms with Gasteiger partial charge in [0.2, 0.25) is 0 Å². The van der Waals surface area contributed by atoms with Crippen molar-refractivity contribution in [3.8, 4) is 0 Å². The van der Waals surface area contributed by atoms with Crippen LogP contribution in [0.5, 0.6) is 0 Å². The molecule has 0 spiro atoms. The zero-order valence-corrected chi connectivity index (χ0v) is 9.09. The molecule has 1 fully saturated rings. The second kappa shape index (κ2) is 5.37. The number of hydrogen-bond acceptors (Lipinski definition) is 7. The van der Waals surface area contributed by atoms with E-state index >= 15 is 0 Å². The van der Waals surface area contributed by atoms with Crippen LogP contribution in [-0.4, -0.2) is 68.6 Å². The molecule has 0 bridgehead atoms. The van der Waals surface area contributed by atoms with Crippen molar-refractivity contribution >= 4 is 0 Å². The van der Waals surface area contributed by atoms with Gasteiger partial charge < -0.3 is 35.0 Å². The first-order valence-corrected chi connectivity index (χ1v) is 5.06. The summed E-state index contributed by atoms with van der Waals surface area (Å²) in [5.74, 6) is 0. The molecule has 0 saturated carbocycles. The predicted molar refractivity (Wildman–Crippen MR) is 51.1 cm³/mol. The van der Waals surface area contributed by atoms with E-state index in [9.17, 15) is 15.3 Å². The van der Waals surface area contributed by atoms with E-state index < -0.39 is 37.0 Å². The molecule has 1 saturated heterocycles. The molecule has 0 aromatic carbocycles. The Balaban J connectivity index is 2.73. The Kier molecular flexibility index (Phi) is 4.62. The molecule has 7 nitrogen and oxygen atoms in total. The molecule has 0 aromatic rings. The molecule has 0 amide bonds. The lowest BCUT2D eigenvalue weighted by molar-refractivity contribution is -0.334. The van der Waals surface area contributed by atoms with Crippen LogP contribution in [0.2, 0.25) is 0 Å². The summed E-state index contributed by atoms with van der Waals surface area (Å²) in [4.78, 5) is 0. The quantitative estimate of drug-likeness (QED) is 0.346. The van der Waals surface area contributed by atoms with E-state index in [0.717, 1.165) is 0 Å². The van der Waals surface area contributed by atoms with Gasteiger partial charge in [0, 0.05) is 0 Å². The maximum absolute atomic E-state index is 9.53. The SMILES string of the molecule is CC(C)O[C@@H]1OC(C(O)O)[C@@H](O)C(O)C1O. The van der Waals surface area contributed by atoms with Gasteiger partial charge in [-0.3, -0.25) is 0 Å². The van der Waals surface area contributed by atoms with Gasteiger partial charge in [0.15, 0.2) is 12.6 Å². The van der Waals surface area contributed by atoms with Crippen LogP contribution in [0.25, 0.3) is 0 Å². The van der Waals surface area contributed by atoms with Gasteiger partial charge in [0.25, 0.3) is 0 Å². The van der Waals surface area contributed by atoms with Crippen LogP contribution < -0.4 is 0 Å². The molecular weight excluding hydrogens is 220 g/mol. The monoisotopic (exact) mass is 238 g/mol. The highest BCUT2D eigenvalue weighted by atomic mass is 16.7. The van der Waals surface area contributed by atoms with Crippen molar-refractivity contribution in [2.24, 2.45) is 0 Å². The van der Waals surface area contributed by atoms with Crippen LogP contribution in [0, 0.1) is 0 Å². The lowest BCUT2D eigenvalue weighted by Gasteiger charge is -2.41. The summed E-state index contributed by atoms with van der Waals surface area (Å²) in [7, 11) is 0. The molecule has 1 aliphatic heterocycles. The molecule has 0 aromatic heterocycles. The Bertz CT molecular complexity index is 218. The number of aliphatic hydroxyl groups is 5. The van der Waals surface area contributed by atoms with Crippen molar-refractivity contribution in [2.75, 3.05) is 0 Å². The van der Waals surface area contributed by atoms with Crippen LogP contribution in [0.4, 0.5) is 0 Å². The topological polar surface area (TPSA) is 120 Å². The van der Waals surface area contributed by atoms with Gasteiger partial charge >= 0.3 is 0 Å². The van der Waals surface area contributed by atoms with Crippen LogP contribution in [0.1, 0.15) is 13.8 Å². The minimum atomic E-state index is -1.96. The molecule has 1 aliphatic rings. The highest BCUT2D eigenvalue weighted by Gasteiger charge is 2.46. The Labute approximate surface area is 92.9 Å². The second-order valence-electron chi connectivity index (χ2n) is 4.04. The Morgan fingerprint density at radius 3 is 2.00 bits per heavy atom. The molecule has 1 rings (SSSR count). The first-order chi connectivity index (χ1) is 7.34. The van der Waals surface area contributed by atoms with Crippen molar-refractivity contribution < 1.29 is 35.0 Å². The maximum Gasteiger partial charge on any atom is 0.187 e. The van der Waals surface area contributed by atoms with Crippen LogP contribution in [0.15, 0.2) is 0 Å². The van der Waals surface area contributed by atoms with E-state index in [-0.39, 0.29) is 6.10 Å². The summed E-state index contributed by atoms with van der Waals surface area (Å²) < 4.78 is 10.1. The third kappa shape index (κ3) is 2.89. The van der Waals surface area contributed by atoms with E-state index in [4.69, 9.17) is 19.7 Å². The van der Waals surface area contributed by atoms with Gasteiger partial charge in [0.1, 0.15) is 24.4 Å². The summed E-state index contributed by atoms with van der Waals surface area (Å²) in [6.45, 7) is 3.38. The minimum absolute atomic E-state index is 0.279. The van der Waals surface area contributed by atoms with E-state index in [1.165, 1.54) is 0 Å². The van der Waals surface area contributed by atoms with Crippen molar-refractivity contribution in [1.29, 1.82) is 0 Å². The zero-order chi connectivity index (χ0) is 12.5. The Morgan fingerprint density at radius 1 is 1.00 bits per heavy atom. The van der Waals surface area contributed by atoms with Crippen molar-refractivity contribution in [3.05, 3.63) is 0 Å². The lowest BCUT2D eigenvalue weighted by Crippen LogP contribution is -2.61. The highest BCUT2D eigenvalue weighted by molar-refractivity contribution is 4.90. The fourth-order valence-corrected chi connectivity index (χ4v) is 1.50. The van der Waals surface area contributed by atoms with E-state index in [1.54, 1.807) is 13.8 Å². The van der Waals surface area contributed by atoms with Crippen molar-refractivity contribution in [2.45, 2.75) is 56.9 Å². The second-order valence-corrected chi connectivity index (χ2v) is 4.04. The highest BCUT2D eigenvalue weighted by Crippen LogP contribution is 2.24. The molecule has 0 aliphatic carbocycles. The maximum atomic E-state index is 9.53. The van der Waals surface area contributed by atoms with E-state index in [2.05, 4.69) is 0 Å². The fourth-order valence-electron chi connectivity index (χ4n) is 1.50. The summed E-state index contributed by atoms with van der Waals surface area (Å²) in [5, 5.41) is 46.3. The Morgan fingerprint density at radius 2 is 1.56 bits per heavy atom. The normalized spacial score (nSPS) is 40.7. The van der Waals surface area contributed by atoms with Gasteiger partial charge in [0.05, 0.1) is 6.10 Å². The van der Waals surface area contributed by atoms with E-state index in [1.807, 2.05) is 0 Å².